The molecule has 3 heteroatoms. The quantitative estimate of drug-likeness (QED) is 0.792. The van der Waals surface area contributed by atoms with Crippen LogP contribution in [-0.4, -0.2) is 44.3 Å². The van der Waals surface area contributed by atoms with Gasteiger partial charge in [-0.3, -0.25) is 0 Å². The molecule has 2 rings (SSSR count). The molecule has 0 spiro atoms. The van der Waals surface area contributed by atoms with E-state index in [1.807, 2.05) is 0 Å². The Kier molecular flexibility index (Phi) is 4.22. The molecule has 0 aromatic carbocycles. The predicted octanol–water partition coefficient (Wildman–Crippen LogP) is 1.47. The number of piperidine rings is 1. The van der Waals surface area contributed by atoms with Crippen molar-refractivity contribution in [1.29, 1.82) is 0 Å². The molecule has 2 aliphatic rings. The van der Waals surface area contributed by atoms with E-state index in [2.05, 4.69) is 11.8 Å². The standard InChI is InChI=1S/C13H26N2O/c1-12-4-2-6-15(8-12)10-13(9-14)5-3-7-16-11-13/h12H,2-11,14H2,1H3. The average Bonchev–Trinajstić information content (AvgIpc) is 2.30. The first kappa shape index (κ1) is 12.3. The van der Waals surface area contributed by atoms with Crippen molar-refractivity contribution in [2.75, 3.05) is 39.4 Å². The summed E-state index contributed by atoms with van der Waals surface area (Å²) in [6.07, 6.45) is 5.17. The molecule has 2 aliphatic heterocycles. The lowest BCUT2D eigenvalue weighted by Crippen LogP contribution is -2.49. The molecule has 2 atom stereocenters. The summed E-state index contributed by atoms with van der Waals surface area (Å²) in [7, 11) is 0. The highest BCUT2D eigenvalue weighted by Gasteiger charge is 2.34. The van der Waals surface area contributed by atoms with Crippen molar-refractivity contribution >= 4 is 0 Å². The lowest BCUT2D eigenvalue weighted by Gasteiger charge is -2.42. The topological polar surface area (TPSA) is 38.5 Å². The Labute approximate surface area is 99.3 Å². The summed E-state index contributed by atoms with van der Waals surface area (Å²) < 4.78 is 5.64. The minimum atomic E-state index is 0.245. The fourth-order valence-corrected chi connectivity index (χ4v) is 3.16. The molecule has 3 nitrogen and oxygen atoms in total. The molecule has 94 valence electrons. The van der Waals surface area contributed by atoms with E-state index in [4.69, 9.17) is 10.5 Å². The second kappa shape index (κ2) is 5.48. The Morgan fingerprint density at radius 2 is 2.31 bits per heavy atom. The van der Waals surface area contributed by atoms with E-state index in [0.717, 1.165) is 32.2 Å². The SMILES string of the molecule is CC1CCCN(CC2(CN)CCCOC2)C1. The largest absolute Gasteiger partial charge is 0.381 e. The van der Waals surface area contributed by atoms with E-state index in [9.17, 15) is 0 Å². The number of hydrogen-bond donors (Lipinski definition) is 1. The predicted molar refractivity (Wildman–Crippen MR) is 66.4 cm³/mol. The number of hydrogen-bond acceptors (Lipinski definition) is 3. The third-order valence-corrected chi connectivity index (χ3v) is 4.14. The third-order valence-electron chi connectivity index (χ3n) is 4.14. The van der Waals surface area contributed by atoms with Crippen LogP contribution in [0.4, 0.5) is 0 Å². The van der Waals surface area contributed by atoms with Gasteiger partial charge >= 0.3 is 0 Å². The third kappa shape index (κ3) is 2.96. The molecule has 0 amide bonds. The molecule has 16 heavy (non-hydrogen) atoms. The normalized spacial score (nSPS) is 37.5. The molecule has 0 bridgehead atoms. The van der Waals surface area contributed by atoms with Crippen LogP contribution in [0.1, 0.15) is 32.6 Å². The lowest BCUT2D eigenvalue weighted by molar-refractivity contribution is -0.0271. The molecule has 2 heterocycles. The second-order valence-electron chi connectivity index (χ2n) is 5.84. The van der Waals surface area contributed by atoms with Crippen LogP contribution in [0.5, 0.6) is 0 Å². The highest BCUT2D eigenvalue weighted by atomic mass is 16.5. The summed E-state index contributed by atoms with van der Waals surface area (Å²) >= 11 is 0. The second-order valence-corrected chi connectivity index (χ2v) is 5.84. The van der Waals surface area contributed by atoms with Gasteiger partial charge in [0.1, 0.15) is 0 Å². The van der Waals surface area contributed by atoms with Crippen molar-refractivity contribution < 1.29 is 4.74 Å². The van der Waals surface area contributed by atoms with Crippen LogP contribution in [-0.2, 0) is 4.74 Å². The van der Waals surface area contributed by atoms with Crippen LogP contribution in [0, 0.1) is 11.3 Å². The summed E-state index contributed by atoms with van der Waals surface area (Å²) in [4.78, 5) is 2.61. The maximum absolute atomic E-state index is 5.98. The number of rotatable bonds is 3. The van der Waals surface area contributed by atoms with Crippen molar-refractivity contribution in [3.8, 4) is 0 Å². The maximum atomic E-state index is 5.98. The first-order chi connectivity index (χ1) is 7.74. The molecule has 0 aliphatic carbocycles. The molecular formula is C13H26N2O. The molecule has 0 aromatic rings. The van der Waals surface area contributed by atoms with Crippen molar-refractivity contribution in [3.05, 3.63) is 0 Å². The van der Waals surface area contributed by atoms with Gasteiger partial charge in [0.15, 0.2) is 0 Å². The average molecular weight is 226 g/mol. The molecule has 2 unspecified atom stereocenters. The minimum absolute atomic E-state index is 0.245. The Morgan fingerprint density at radius 3 is 2.94 bits per heavy atom. The van der Waals surface area contributed by atoms with Gasteiger partial charge in [0.2, 0.25) is 0 Å². The van der Waals surface area contributed by atoms with E-state index in [0.29, 0.717) is 0 Å². The number of likely N-dealkylation sites (tertiary alicyclic amines) is 1. The summed E-state index contributed by atoms with van der Waals surface area (Å²) in [5.41, 5.74) is 6.23. The van der Waals surface area contributed by atoms with Crippen LogP contribution < -0.4 is 5.73 Å². The van der Waals surface area contributed by atoms with Crippen LogP contribution in [0.25, 0.3) is 0 Å². The van der Waals surface area contributed by atoms with Crippen LogP contribution in [0.2, 0.25) is 0 Å². The molecular weight excluding hydrogens is 200 g/mol. The zero-order valence-electron chi connectivity index (χ0n) is 10.6. The number of nitrogens with zero attached hydrogens (tertiary/aromatic N) is 1. The van der Waals surface area contributed by atoms with Gasteiger partial charge in [0.05, 0.1) is 6.61 Å². The van der Waals surface area contributed by atoms with Gasteiger partial charge in [0.25, 0.3) is 0 Å². The molecule has 0 saturated carbocycles. The summed E-state index contributed by atoms with van der Waals surface area (Å²) in [6, 6.07) is 0. The molecule has 2 saturated heterocycles. The first-order valence-corrected chi connectivity index (χ1v) is 6.74. The molecule has 2 N–H and O–H groups in total. The van der Waals surface area contributed by atoms with Crippen molar-refractivity contribution in [2.24, 2.45) is 17.1 Å². The highest BCUT2D eigenvalue weighted by molar-refractivity contribution is 4.87. The Morgan fingerprint density at radius 1 is 1.44 bits per heavy atom. The maximum Gasteiger partial charge on any atom is 0.0546 e. The summed E-state index contributed by atoms with van der Waals surface area (Å²) in [6.45, 7) is 8.59. The van der Waals surface area contributed by atoms with Gasteiger partial charge in [-0.2, -0.15) is 0 Å². The monoisotopic (exact) mass is 226 g/mol. The summed E-state index contributed by atoms with van der Waals surface area (Å²) in [5, 5.41) is 0. The van der Waals surface area contributed by atoms with E-state index in [-0.39, 0.29) is 5.41 Å². The number of nitrogens with two attached hydrogens (primary N) is 1. The number of ether oxygens (including phenoxy) is 1. The van der Waals surface area contributed by atoms with Gasteiger partial charge in [-0.15, -0.1) is 0 Å². The van der Waals surface area contributed by atoms with Crippen LogP contribution >= 0.6 is 0 Å². The van der Waals surface area contributed by atoms with Gasteiger partial charge < -0.3 is 15.4 Å². The van der Waals surface area contributed by atoms with Gasteiger partial charge in [0, 0.05) is 31.7 Å². The first-order valence-electron chi connectivity index (χ1n) is 6.74. The van der Waals surface area contributed by atoms with E-state index in [1.165, 1.54) is 38.8 Å². The van der Waals surface area contributed by atoms with Gasteiger partial charge in [-0.1, -0.05) is 6.92 Å². The lowest BCUT2D eigenvalue weighted by atomic mass is 9.81. The van der Waals surface area contributed by atoms with E-state index >= 15 is 0 Å². The van der Waals surface area contributed by atoms with Gasteiger partial charge in [-0.05, 0) is 38.1 Å². The molecule has 0 aromatic heterocycles. The van der Waals surface area contributed by atoms with Crippen LogP contribution in [0.15, 0.2) is 0 Å². The van der Waals surface area contributed by atoms with Crippen molar-refractivity contribution in [2.45, 2.75) is 32.6 Å². The fourth-order valence-electron chi connectivity index (χ4n) is 3.16. The molecule has 0 radical (unpaired) electrons. The smallest absolute Gasteiger partial charge is 0.0546 e. The van der Waals surface area contributed by atoms with E-state index in [1.54, 1.807) is 0 Å². The Balaban J connectivity index is 1.89. The van der Waals surface area contributed by atoms with Crippen LogP contribution in [0.3, 0.4) is 0 Å². The highest BCUT2D eigenvalue weighted by Crippen LogP contribution is 2.30. The zero-order chi connectivity index (χ0) is 11.4. The fraction of sp³-hybridized carbons (Fsp3) is 1.00. The Hall–Kier alpha value is -0.120. The summed E-state index contributed by atoms with van der Waals surface area (Å²) in [5.74, 6) is 0.855. The minimum Gasteiger partial charge on any atom is -0.381 e. The van der Waals surface area contributed by atoms with Crippen molar-refractivity contribution in [1.82, 2.24) is 4.90 Å². The van der Waals surface area contributed by atoms with Crippen molar-refractivity contribution in [3.63, 3.8) is 0 Å². The zero-order valence-corrected chi connectivity index (χ0v) is 10.6. The van der Waals surface area contributed by atoms with E-state index < -0.39 is 0 Å². The van der Waals surface area contributed by atoms with Gasteiger partial charge in [-0.25, -0.2) is 0 Å². The Bertz CT molecular complexity index is 214. The molecule has 2 fully saturated rings.